The van der Waals surface area contributed by atoms with E-state index in [9.17, 15) is 9.90 Å². The van der Waals surface area contributed by atoms with Crippen molar-refractivity contribution < 1.29 is 14.6 Å². The van der Waals surface area contributed by atoms with Gasteiger partial charge in [0, 0.05) is 21.9 Å². The molecule has 2 rings (SSSR count). The smallest absolute Gasteiger partial charge is 0.338 e. The highest BCUT2D eigenvalue weighted by Gasteiger charge is 2.14. The molecule has 114 valence electrons. The quantitative estimate of drug-likeness (QED) is 0.775. The lowest BCUT2D eigenvalue weighted by molar-refractivity contribution is -0.130. The number of carbonyl (C=O) groups is 1. The number of ether oxygens (including phenoxy) is 1. The van der Waals surface area contributed by atoms with Crippen LogP contribution in [0.3, 0.4) is 0 Å². The molecule has 0 fully saturated rings. The number of anilines is 1. The fraction of sp³-hybridized carbons (Fsp3) is 0.118. The van der Waals surface area contributed by atoms with Crippen LogP contribution in [0.1, 0.15) is 12.5 Å². The lowest BCUT2D eigenvalue weighted by atomic mass is 10.0. The van der Waals surface area contributed by atoms with E-state index in [-0.39, 0.29) is 5.57 Å². The van der Waals surface area contributed by atoms with E-state index < -0.39 is 5.97 Å². The molecule has 0 aliphatic heterocycles. The van der Waals surface area contributed by atoms with Crippen LogP contribution >= 0.6 is 15.9 Å². The van der Waals surface area contributed by atoms with Crippen LogP contribution in [0.15, 0.2) is 58.7 Å². The van der Waals surface area contributed by atoms with E-state index in [0.717, 1.165) is 10.2 Å². The number of rotatable bonds is 5. The molecule has 0 atom stereocenters. The second kappa shape index (κ2) is 7.13. The molecule has 2 aromatic carbocycles. The fourth-order valence-electron chi connectivity index (χ4n) is 2.10. The fourth-order valence-corrected chi connectivity index (χ4v) is 2.36. The number of nitrogens with one attached hydrogen (secondary N) is 1. The van der Waals surface area contributed by atoms with E-state index in [0.29, 0.717) is 17.0 Å². The number of methoxy groups -OCH3 is 1. The molecule has 22 heavy (non-hydrogen) atoms. The first kappa shape index (κ1) is 16.1. The average Bonchev–Trinajstić information content (AvgIpc) is 2.49. The van der Waals surface area contributed by atoms with Crippen molar-refractivity contribution in [3.05, 3.63) is 64.3 Å². The maximum atomic E-state index is 11.6. The summed E-state index contributed by atoms with van der Waals surface area (Å²) >= 11 is 3.35. The third kappa shape index (κ3) is 3.89. The van der Waals surface area contributed by atoms with Crippen LogP contribution < -0.4 is 10.1 Å². The number of allylic oxidation sites excluding steroid dienone is 1. The van der Waals surface area contributed by atoms with Gasteiger partial charge in [0.15, 0.2) is 0 Å². The highest BCUT2D eigenvalue weighted by molar-refractivity contribution is 9.10. The van der Waals surface area contributed by atoms with Gasteiger partial charge in [-0.2, -0.15) is 0 Å². The number of hydrogen-bond acceptors (Lipinski definition) is 3. The van der Waals surface area contributed by atoms with E-state index >= 15 is 0 Å². The Morgan fingerprint density at radius 1 is 1.18 bits per heavy atom. The summed E-state index contributed by atoms with van der Waals surface area (Å²) in [6.07, 6.45) is 0. The summed E-state index contributed by atoms with van der Waals surface area (Å²) in [7, 11) is 1.59. The normalized spacial score (nSPS) is 11.6. The molecule has 0 bridgehead atoms. The summed E-state index contributed by atoms with van der Waals surface area (Å²) in [5.74, 6) is -0.270. The van der Waals surface area contributed by atoms with Crippen molar-refractivity contribution >= 4 is 33.2 Å². The Morgan fingerprint density at radius 2 is 1.86 bits per heavy atom. The van der Waals surface area contributed by atoms with E-state index in [1.807, 2.05) is 36.4 Å². The van der Waals surface area contributed by atoms with Crippen LogP contribution in [0.2, 0.25) is 0 Å². The van der Waals surface area contributed by atoms with Crippen LogP contribution in [0.25, 0.3) is 5.57 Å². The Hall–Kier alpha value is -2.27. The minimum absolute atomic E-state index is 0.232. The highest BCUT2D eigenvalue weighted by atomic mass is 79.9. The third-order valence-corrected chi connectivity index (χ3v) is 3.65. The van der Waals surface area contributed by atoms with Gasteiger partial charge in [-0.05, 0) is 36.8 Å². The molecule has 0 heterocycles. The summed E-state index contributed by atoms with van der Waals surface area (Å²) in [5.41, 5.74) is 2.20. The van der Waals surface area contributed by atoms with Gasteiger partial charge in [-0.25, -0.2) is 4.79 Å². The van der Waals surface area contributed by atoms with Gasteiger partial charge >= 0.3 is 5.97 Å². The number of halogens is 1. The van der Waals surface area contributed by atoms with Crippen molar-refractivity contribution in [2.75, 3.05) is 12.4 Å². The first-order chi connectivity index (χ1) is 10.5. The van der Waals surface area contributed by atoms with Gasteiger partial charge in [-0.15, -0.1) is 0 Å². The molecule has 2 N–H and O–H groups in total. The average molecular weight is 362 g/mol. The standard InChI is InChI=1S/C17H16BrNO3/c1-11(19-14-4-3-5-15(10-14)22-2)16(17(20)21)12-6-8-13(18)9-7-12/h3-10,19H,1-2H3,(H,20,21)/b16-11-. The van der Waals surface area contributed by atoms with E-state index in [4.69, 9.17) is 4.74 Å². The minimum Gasteiger partial charge on any atom is -0.497 e. The maximum Gasteiger partial charge on any atom is 0.338 e. The first-order valence-electron chi connectivity index (χ1n) is 6.62. The molecule has 0 radical (unpaired) electrons. The van der Waals surface area contributed by atoms with E-state index in [1.165, 1.54) is 0 Å². The van der Waals surface area contributed by atoms with Gasteiger partial charge in [-0.1, -0.05) is 34.1 Å². The molecule has 4 nitrogen and oxygen atoms in total. The van der Waals surface area contributed by atoms with Gasteiger partial charge in [-0.3, -0.25) is 0 Å². The molecule has 0 spiro atoms. The molecule has 2 aromatic rings. The summed E-state index contributed by atoms with van der Waals surface area (Å²) in [6, 6.07) is 14.5. The number of carboxylic acids is 1. The van der Waals surface area contributed by atoms with Crippen molar-refractivity contribution in [3.8, 4) is 5.75 Å². The summed E-state index contributed by atoms with van der Waals surface area (Å²) in [6.45, 7) is 1.74. The molecular weight excluding hydrogens is 346 g/mol. The number of aliphatic carboxylic acids is 1. The zero-order valence-corrected chi connectivity index (χ0v) is 13.8. The predicted molar refractivity (Wildman–Crippen MR) is 91.0 cm³/mol. The predicted octanol–water partition coefficient (Wildman–Crippen LogP) is 4.39. The van der Waals surface area contributed by atoms with Crippen molar-refractivity contribution in [1.29, 1.82) is 0 Å². The zero-order chi connectivity index (χ0) is 16.1. The van der Waals surface area contributed by atoms with Crippen molar-refractivity contribution in [2.24, 2.45) is 0 Å². The van der Waals surface area contributed by atoms with Crippen LogP contribution in [0, 0.1) is 0 Å². The first-order valence-corrected chi connectivity index (χ1v) is 7.41. The highest BCUT2D eigenvalue weighted by Crippen LogP contribution is 2.24. The van der Waals surface area contributed by atoms with Gasteiger partial charge in [0.25, 0.3) is 0 Å². The maximum absolute atomic E-state index is 11.6. The van der Waals surface area contributed by atoms with Gasteiger partial charge in [0.1, 0.15) is 5.75 Å². The number of carboxylic acid groups (broad SMARTS) is 1. The Labute approximate surface area is 137 Å². The SMILES string of the molecule is COc1cccc(N/C(C)=C(\C(=O)O)c2ccc(Br)cc2)c1. The molecule has 0 saturated heterocycles. The lowest BCUT2D eigenvalue weighted by Crippen LogP contribution is -2.08. The van der Waals surface area contributed by atoms with Crippen LogP contribution in [0.5, 0.6) is 5.75 Å². The lowest BCUT2D eigenvalue weighted by Gasteiger charge is -2.12. The molecule has 0 unspecified atom stereocenters. The molecule has 0 aliphatic carbocycles. The largest absolute Gasteiger partial charge is 0.497 e. The third-order valence-electron chi connectivity index (χ3n) is 3.12. The second-order valence-corrected chi connectivity index (χ2v) is 5.58. The molecule has 0 aromatic heterocycles. The van der Waals surface area contributed by atoms with Gasteiger partial charge in [0.2, 0.25) is 0 Å². The minimum atomic E-state index is -0.977. The van der Waals surface area contributed by atoms with Crippen LogP contribution in [-0.4, -0.2) is 18.2 Å². The topological polar surface area (TPSA) is 58.6 Å². The summed E-state index contributed by atoms with van der Waals surface area (Å²) < 4.78 is 6.07. The molecule has 0 saturated carbocycles. The van der Waals surface area contributed by atoms with Gasteiger partial charge < -0.3 is 15.2 Å². The Bertz CT molecular complexity index is 708. The summed E-state index contributed by atoms with van der Waals surface area (Å²) in [5, 5.41) is 12.6. The zero-order valence-electron chi connectivity index (χ0n) is 12.3. The monoisotopic (exact) mass is 361 g/mol. The second-order valence-electron chi connectivity index (χ2n) is 4.67. The molecular formula is C17H16BrNO3. The van der Waals surface area contributed by atoms with Crippen molar-refractivity contribution in [3.63, 3.8) is 0 Å². The molecule has 5 heteroatoms. The number of hydrogen-bond donors (Lipinski definition) is 2. The van der Waals surface area contributed by atoms with Crippen LogP contribution in [-0.2, 0) is 4.79 Å². The number of benzene rings is 2. The molecule has 0 aliphatic rings. The summed E-state index contributed by atoms with van der Waals surface area (Å²) in [4.78, 5) is 11.6. The van der Waals surface area contributed by atoms with E-state index in [2.05, 4.69) is 21.2 Å². The van der Waals surface area contributed by atoms with Gasteiger partial charge in [0.05, 0.1) is 12.7 Å². The van der Waals surface area contributed by atoms with E-state index in [1.54, 1.807) is 26.2 Å². The Morgan fingerprint density at radius 3 is 2.45 bits per heavy atom. The molecule has 0 amide bonds. The van der Waals surface area contributed by atoms with Crippen LogP contribution in [0.4, 0.5) is 5.69 Å². The van der Waals surface area contributed by atoms with Crippen molar-refractivity contribution in [2.45, 2.75) is 6.92 Å². The Kier molecular flexibility index (Phi) is 5.22. The Balaban J connectivity index is 2.37. The van der Waals surface area contributed by atoms with Crippen molar-refractivity contribution in [1.82, 2.24) is 0 Å².